The molecule has 0 atom stereocenters. The van der Waals surface area contributed by atoms with Crippen molar-refractivity contribution in [1.82, 2.24) is 29.9 Å². The van der Waals surface area contributed by atoms with Crippen molar-refractivity contribution in [1.29, 1.82) is 0 Å². The highest BCUT2D eigenvalue weighted by Gasteiger charge is 2.29. The van der Waals surface area contributed by atoms with E-state index in [9.17, 15) is 4.79 Å². The molecule has 1 amide bonds. The number of benzene rings is 2. The molecule has 0 N–H and O–H groups in total. The molecule has 3 heterocycles. The number of thioether (sulfide) groups is 1. The first-order chi connectivity index (χ1) is 18.0. The number of carbonyl (C=O) groups is 1. The maximum Gasteiger partial charge on any atom is 0.276 e. The summed E-state index contributed by atoms with van der Waals surface area (Å²) in [7, 11) is 1.67. The average Bonchev–Trinajstić information content (AvgIpc) is 3.37. The summed E-state index contributed by atoms with van der Waals surface area (Å²) < 4.78 is 7.20. The number of rotatable bonds is 7. The van der Waals surface area contributed by atoms with Crippen LogP contribution >= 0.6 is 23.4 Å². The third kappa shape index (κ3) is 5.40. The molecule has 2 aromatic carbocycles. The van der Waals surface area contributed by atoms with Crippen molar-refractivity contribution in [2.24, 2.45) is 0 Å². The molecule has 1 saturated heterocycles. The molecule has 0 aliphatic carbocycles. The molecule has 1 fully saturated rings. The van der Waals surface area contributed by atoms with Gasteiger partial charge in [-0.15, -0.1) is 5.10 Å². The van der Waals surface area contributed by atoms with Crippen LogP contribution in [-0.4, -0.2) is 69.1 Å². The normalized spacial score (nSPS) is 13.6. The van der Waals surface area contributed by atoms with E-state index in [1.165, 1.54) is 11.8 Å². The number of amides is 1. The van der Waals surface area contributed by atoms with Gasteiger partial charge in [-0.2, -0.15) is 0 Å². The van der Waals surface area contributed by atoms with Crippen LogP contribution in [0, 0.1) is 6.92 Å². The summed E-state index contributed by atoms with van der Waals surface area (Å²) in [6.45, 7) is 4.45. The van der Waals surface area contributed by atoms with Crippen molar-refractivity contribution in [2.75, 3.05) is 38.2 Å². The second-order valence-corrected chi connectivity index (χ2v) is 9.85. The Kier molecular flexibility index (Phi) is 7.57. The lowest BCUT2D eigenvalue weighted by atomic mass is 10.2. The van der Waals surface area contributed by atoms with Crippen LogP contribution in [0.3, 0.4) is 0 Å². The summed E-state index contributed by atoms with van der Waals surface area (Å²) in [5.74, 6) is 1.10. The molecule has 0 saturated carbocycles. The first-order valence-corrected chi connectivity index (χ1v) is 13.2. The molecular formula is C26H26ClN7O2S. The van der Waals surface area contributed by atoms with E-state index in [4.69, 9.17) is 16.3 Å². The number of piperazine rings is 1. The molecule has 37 heavy (non-hydrogen) atoms. The second kappa shape index (κ2) is 11.2. The predicted octanol–water partition coefficient (Wildman–Crippen LogP) is 4.28. The van der Waals surface area contributed by atoms with Crippen molar-refractivity contribution < 1.29 is 9.53 Å². The Balaban J connectivity index is 1.39. The van der Waals surface area contributed by atoms with E-state index in [0.29, 0.717) is 53.5 Å². The maximum atomic E-state index is 13.7. The number of carbonyl (C=O) groups excluding carboxylic acids is 1. The molecule has 0 unspecified atom stereocenters. The van der Waals surface area contributed by atoms with Gasteiger partial charge in [-0.25, -0.2) is 14.6 Å². The number of methoxy groups -OCH3 is 1. The molecular weight excluding hydrogens is 510 g/mol. The Bertz CT molecular complexity index is 1390. The monoisotopic (exact) mass is 535 g/mol. The Labute approximate surface area is 224 Å². The smallest absolute Gasteiger partial charge is 0.276 e. The van der Waals surface area contributed by atoms with Gasteiger partial charge in [0.25, 0.3) is 5.91 Å². The van der Waals surface area contributed by atoms with Gasteiger partial charge in [-0.3, -0.25) is 4.79 Å². The zero-order valence-electron chi connectivity index (χ0n) is 20.5. The highest BCUT2D eigenvalue weighted by Crippen LogP contribution is 2.29. The molecule has 9 nitrogen and oxygen atoms in total. The molecule has 11 heteroatoms. The van der Waals surface area contributed by atoms with E-state index in [-0.39, 0.29) is 5.91 Å². The highest BCUT2D eigenvalue weighted by atomic mass is 35.5. The maximum absolute atomic E-state index is 13.7. The van der Waals surface area contributed by atoms with Crippen LogP contribution in [-0.2, 0) is 5.75 Å². The summed E-state index contributed by atoms with van der Waals surface area (Å²) in [4.78, 5) is 26.3. The molecule has 2 aromatic heterocycles. The highest BCUT2D eigenvalue weighted by molar-refractivity contribution is 7.98. The number of aryl methyl sites for hydroxylation is 1. The first-order valence-electron chi connectivity index (χ1n) is 11.8. The number of hydrogen-bond acceptors (Lipinski definition) is 8. The number of halogens is 1. The molecule has 4 aromatic rings. The summed E-state index contributed by atoms with van der Waals surface area (Å²) >= 11 is 7.82. The Hall–Kier alpha value is -3.63. The number of aromatic nitrogens is 5. The van der Waals surface area contributed by atoms with Crippen molar-refractivity contribution in [3.63, 3.8) is 0 Å². The Morgan fingerprint density at radius 3 is 2.54 bits per heavy atom. The quantitative estimate of drug-likeness (QED) is 0.256. The Morgan fingerprint density at radius 1 is 1.05 bits per heavy atom. The number of nitrogens with zero attached hydrogens (tertiary/aromatic N) is 7. The molecule has 1 aliphatic heterocycles. The summed E-state index contributed by atoms with van der Waals surface area (Å²) in [5.41, 5.74) is 3.73. The minimum absolute atomic E-state index is 0.145. The number of ether oxygens (including phenoxy) is 1. The lowest BCUT2D eigenvalue weighted by Gasteiger charge is -2.36. The fourth-order valence-electron chi connectivity index (χ4n) is 4.20. The van der Waals surface area contributed by atoms with Gasteiger partial charge in [0.15, 0.2) is 10.9 Å². The van der Waals surface area contributed by atoms with E-state index < -0.39 is 0 Å². The van der Waals surface area contributed by atoms with Crippen LogP contribution in [0.4, 0.5) is 5.69 Å². The van der Waals surface area contributed by atoms with E-state index in [2.05, 4.69) is 25.2 Å². The average molecular weight is 536 g/mol. The van der Waals surface area contributed by atoms with Gasteiger partial charge in [0.05, 0.1) is 24.2 Å². The van der Waals surface area contributed by atoms with Crippen LogP contribution in [0.2, 0.25) is 5.02 Å². The summed E-state index contributed by atoms with van der Waals surface area (Å²) in [6.07, 6.45) is 3.38. The molecule has 0 radical (unpaired) electrons. The van der Waals surface area contributed by atoms with E-state index >= 15 is 0 Å². The van der Waals surface area contributed by atoms with Gasteiger partial charge in [0.2, 0.25) is 0 Å². The third-order valence-electron chi connectivity index (χ3n) is 6.24. The summed E-state index contributed by atoms with van der Waals surface area (Å²) in [6, 6.07) is 15.4. The molecule has 190 valence electrons. The van der Waals surface area contributed by atoms with Gasteiger partial charge >= 0.3 is 0 Å². The van der Waals surface area contributed by atoms with Crippen LogP contribution in [0.15, 0.2) is 66.1 Å². The van der Waals surface area contributed by atoms with Crippen LogP contribution in [0.25, 0.3) is 5.69 Å². The van der Waals surface area contributed by atoms with Gasteiger partial charge < -0.3 is 14.5 Å². The first kappa shape index (κ1) is 25.0. The van der Waals surface area contributed by atoms with Gasteiger partial charge in [0.1, 0.15) is 5.75 Å². The topological polar surface area (TPSA) is 89.3 Å². The standard InChI is InChI=1S/C26H26ClN7O2S/c1-18-8-9-19(16-20(18)27)34-22(17-37-26-28-10-5-11-29-26)24(30-31-34)25(35)33-14-12-32(13-15-33)21-6-3-4-7-23(21)36-2/h3-11,16H,12-15,17H2,1-2H3. The minimum atomic E-state index is -0.145. The fraction of sp³-hybridized carbons (Fsp3) is 0.269. The minimum Gasteiger partial charge on any atom is -0.495 e. The largest absolute Gasteiger partial charge is 0.495 e. The van der Waals surface area contributed by atoms with E-state index in [0.717, 1.165) is 22.7 Å². The lowest BCUT2D eigenvalue weighted by molar-refractivity contribution is 0.0740. The zero-order valence-corrected chi connectivity index (χ0v) is 22.1. The number of hydrogen-bond donors (Lipinski definition) is 0. The summed E-state index contributed by atoms with van der Waals surface area (Å²) in [5, 5.41) is 9.91. The van der Waals surface area contributed by atoms with Gasteiger partial charge in [-0.05, 0) is 42.8 Å². The SMILES string of the molecule is COc1ccccc1N1CCN(C(=O)c2nnn(-c3ccc(C)c(Cl)c3)c2CSc2ncccn2)CC1. The molecule has 0 spiro atoms. The zero-order chi connectivity index (χ0) is 25.8. The molecule has 0 bridgehead atoms. The fourth-order valence-corrected chi connectivity index (χ4v) is 5.17. The van der Waals surface area contributed by atoms with Crippen molar-refractivity contribution in [2.45, 2.75) is 17.8 Å². The second-order valence-electron chi connectivity index (χ2n) is 8.50. The predicted molar refractivity (Wildman–Crippen MR) is 144 cm³/mol. The van der Waals surface area contributed by atoms with E-state index in [1.54, 1.807) is 30.3 Å². The Morgan fingerprint density at radius 2 is 1.81 bits per heavy atom. The number of para-hydroxylation sites is 2. The number of anilines is 1. The lowest BCUT2D eigenvalue weighted by Crippen LogP contribution is -2.49. The van der Waals surface area contributed by atoms with Crippen LogP contribution < -0.4 is 9.64 Å². The van der Waals surface area contributed by atoms with Crippen LogP contribution in [0.1, 0.15) is 21.7 Å². The van der Waals surface area contributed by atoms with Crippen molar-refractivity contribution in [3.05, 3.63) is 82.9 Å². The van der Waals surface area contributed by atoms with E-state index in [1.807, 2.05) is 54.3 Å². The molecule has 5 rings (SSSR count). The van der Waals surface area contributed by atoms with Crippen molar-refractivity contribution in [3.8, 4) is 11.4 Å². The van der Waals surface area contributed by atoms with Crippen molar-refractivity contribution >= 4 is 35.0 Å². The molecule has 1 aliphatic rings. The van der Waals surface area contributed by atoms with Gasteiger partial charge in [-0.1, -0.05) is 46.8 Å². The third-order valence-corrected chi connectivity index (χ3v) is 7.53. The van der Waals surface area contributed by atoms with Crippen LogP contribution in [0.5, 0.6) is 5.75 Å². The van der Waals surface area contributed by atoms with Gasteiger partial charge in [0, 0.05) is 49.3 Å².